The van der Waals surface area contributed by atoms with E-state index in [4.69, 9.17) is 14.2 Å². The monoisotopic (exact) mass is 435 g/mol. The highest BCUT2D eigenvalue weighted by molar-refractivity contribution is 9.10. The largest absolute Gasteiger partial charge is 0.496 e. The summed E-state index contributed by atoms with van der Waals surface area (Å²) in [5.74, 6) is 2.30. The van der Waals surface area contributed by atoms with Crippen LogP contribution in [0.5, 0.6) is 11.5 Å². The molecule has 0 atom stereocenters. The fraction of sp³-hybridized carbons (Fsp3) is 0.350. The van der Waals surface area contributed by atoms with Crippen molar-refractivity contribution in [1.29, 1.82) is 0 Å². The first-order valence-electron chi connectivity index (χ1n) is 8.68. The Bertz CT molecular complexity index is 753. The van der Waals surface area contributed by atoms with Gasteiger partial charge in [0, 0.05) is 45.5 Å². The highest BCUT2D eigenvalue weighted by atomic mass is 79.9. The number of halogens is 1. The van der Waals surface area contributed by atoms with E-state index in [2.05, 4.69) is 31.6 Å². The van der Waals surface area contributed by atoms with Gasteiger partial charge >= 0.3 is 0 Å². The lowest BCUT2D eigenvalue weighted by Gasteiger charge is -2.14. The van der Waals surface area contributed by atoms with E-state index < -0.39 is 0 Å². The molecule has 0 aromatic heterocycles. The first-order chi connectivity index (χ1) is 13.2. The summed E-state index contributed by atoms with van der Waals surface area (Å²) in [6.45, 7) is 1.95. The summed E-state index contributed by atoms with van der Waals surface area (Å²) >= 11 is 3.50. The van der Waals surface area contributed by atoms with Crippen molar-refractivity contribution < 1.29 is 14.2 Å². The summed E-state index contributed by atoms with van der Waals surface area (Å²) in [5, 5.41) is 6.57. The minimum atomic E-state index is 0.622. The number of benzene rings is 2. The van der Waals surface area contributed by atoms with Crippen LogP contribution in [-0.2, 0) is 11.3 Å². The number of nitrogens with one attached hydrogen (secondary N) is 2. The van der Waals surface area contributed by atoms with Gasteiger partial charge in [-0.05, 0) is 45.8 Å². The summed E-state index contributed by atoms with van der Waals surface area (Å²) in [6, 6.07) is 13.8. The lowest BCUT2D eigenvalue weighted by Crippen LogP contribution is -2.30. The predicted molar refractivity (Wildman–Crippen MR) is 113 cm³/mol. The van der Waals surface area contributed by atoms with Gasteiger partial charge in [0.1, 0.15) is 11.5 Å². The Hall–Kier alpha value is -2.25. The molecule has 6 nitrogen and oxygen atoms in total. The summed E-state index contributed by atoms with van der Waals surface area (Å²) < 4.78 is 16.9. The standard InChI is InChI=1S/C20H26BrN3O3/c1-22-20(23-14-15-8-9-19(26-3)18(21)12-15)24-16-6-4-7-17(13-16)27-11-5-10-25-2/h4,6-9,12-13H,5,10-11,14H2,1-3H3,(H2,22,23,24). The Kier molecular flexibility index (Phi) is 8.94. The molecule has 0 amide bonds. The van der Waals surface area contributed by atoms with Crippen molar-refractivity contribution in [1.82, 2.24) is 5.32 Å². The van der Waals surface area contributed by atoms with Gasteiger partial charge in [0.05, 0.1) is 18.2 Å². The third-order valence-corrected chi connectivity index (χ3v) is 4.38. The molecule has 2 aromatic rings. The van der Waals surface area contributed by atoms with Crippen molar-refractivity contribution in [2.75, 3.05) is 39.8 Å². The second-order valence-corrected chi connectivity index (χ2v) is 6.60. The van der Waals surface area contributed by atoms with Crippen molar-refractivity contribution in [2.45, 2.75) is 13.0 Å². The first kappa shape index (κ1) is 21.1. The molecule has 0 aliphatic heterocycles. The normalized spacial score (nSPS) is 11.2. The van der Waals surface area contributed by atoms with Crippen LogP contribution >= 0.6 is 15.9 Å². The van der Waals surface area contributed by atoms with Crippen molar-refractivity contribution in [3.8, 4) is 11.5 Å². The molecule has 0 fully saturated rings. The maximum atomic E-state index is 5.73. The van der Waals surface area contributed by atoms with Crippen LogP contribution in [0.2, 0.25) is 0 Å². The molecule has 2 rings (SSSR count). The van der Waals surface area contributed by atoms with Crippen LogP contribution in [0.4, 0.5) is 5.69 Å². The zero-order valence-corrected chi connectivity index (χ0v) is 17.5. The van der Waals surface area contributed by atoms with Gasteiger partial charge in [-0.15, -0.1) is 0 Å². The van der Waals surface area contributed by atoms with Gasteiger partial charge in [0.25, 0.3) is 0 Å². The lowest BCUT2D eigenvalue weighted by atomic mass is 10.2. The van der Waals surface area contributed by atoms with Crippen LogP contribution in [0.25, 0.3) is 0 Å². The Labute approximate surface area is 169 Å². The maximum Gasteiger partial charge on any atom is 0.195 e. The number of aliphatic imine (C=N–C) groups is 1. The summed E-state index contributed by atoms with van der Waals surface area (Å²) in [4.78, 5) is 4.27. The smallest absolute Gasteiger partial charge is 0.195 e. The van der Waals surface area contributed by atoms with Crippen LogP contribution in [-0.4, -0.2) is 40.4 Å². The third-order valence-electron chi connectivity index (χ3n) is 3.76. The number of rotatable bonds is 9. The average Bonchev–Trinajstić information content (AvgIpc) is 2.69. The molecule has 2 aromatic carbocycles. The van der Waals surface area contributed by atoms with E-state index in [1.165, 1.54) is 0 Å². The zero-order valence-electron chi connectivity index (χ0n) is 15.9. The highest BCUT2D eigenvalue weighted by Gasteiger charge is 2.04. The van der Waals surface area contributed by atoms with Gasteiger partial charge in [0.2, 0.25) is 0 Å². The van der Waals surface area contributed by atoms with Gasteiger partial charge in [-0.2, -0.15) is 0 Å². The van der Waals surface area contributed by atoms with Gasteiger partial charge in [-0.3, -0.25) is 4.99 Å². The number of nitrogens with zero attached hydrogens (tertiary/aromatic N) is 1. The van der Waals surface area contributed by atoms with Gasteiger partial charge < -0.3 is 24.8 Å². The fourth-order valence-electron chi connectivity index (χ4n) is 2.38. The number of ether oxygens (including phenoxy) is 3. The quantitative estimate of drug-likeness (QED) is 0.353. The molecule has 0 spiro atoms. The Balaban J connectivity index is 1.90. The second kappa shape index (κ2) is 11.5. The van der Waals surface area contributed by atoms with E-state index in [0.29, 0.717) is 25.7 Å². The van der Waals surface area contributed by atoms with Crippen LogP contribution in [0.15, 0.2) is 51.9 Å². The molecule has 0 bridgehead atoms. The van der Waals surface area contributed by atoms with E-state index in [0.717, 1.165) is 33.6 Å². The summed E-state index contributed by atoms with van der Waals surface area (Å²) in [6.07, 6.45) is 0.856. The maximum absolute atomic E-state index is 5.73. The topological polar surface area (TPSA) is 64.1 Å². The van der Waals surface area contributed by atoms with Gasteiger partial charge in [-0.25, -0.2) is 0 Å². The van der Waals surface area contributed by atoms with Crippen molar-refractivity contribution in [2.24, 2.45) is 4.99 Å². The van der Waals surface area contributed by atoms with E-state index in [1.807, 2.05) is 42.5 Å². The molecule has 27 heavy (non-hydrogen) atoms. The molecule has 0 radical (unpaired) electrons. The predicted octanol–water partition coefficient (Wildman–Crippen LogP) is 4.06. The third kappa shape index (κ3) is 7.11. The average molecular weight is 436 g/mol. The molecule has 0 saturated carbocycles. The van der Waals surface area contributed by atoms with E-state index in [-0.39, 0.29) is 0 Å². The van der Waals surface area contributed by atoms with E-state index >= 15 is 0 Å². The summed E-state index contributed by atoms with van der Waals surface area (Å²) in [5.41, 5.74) is 2.02. The SMILES string of the molecule is CN=C(NCc1ccc(OC)c(Br)c1)Nc1cccc(OCCCOC)c1. The Morgan fingerprint density at radius 2 is 1.96 bits per heavy atom. The second-order valence-electron chi connectivity index (χ2n) is 5.74. The van der Waals surface area contributed by atoms with Crippen molar-refractivity contribution >= 4 is 27.6 Å². The Morgan fingerprint density at radius 1 is 1.11 bits per heavy atom. The molecule has 146 valence electrons. The molecular weight excluding hydrogens is 410 g/mol. The number of methoxy groups -OCH3 is 2. The Morgan fingerprint density at radius 3 is 2.67 bits per heavy atom. The van der Waals surface area contributed by atoms with Crippen LogP contribution in [0.3, 0.4) is 0 Å². The number of hydrogen-bond acceptors (Lipinski definition) is 4. The first-order valence-corrected chi connectivity index (χ1v) is 9.47. The van der Waals surface area contributed by atoms with E-state index in [9.17, 15) is 0 Å². The minimum absolute atomic E-state index is 0.622. The molecule has 0 saturated heterocycles. The molecule has 0 aliphatic carbocycles. The fourth-order valence-corrected chi connectivity index (χ4v) is 2.97. The van der Waals surface area contributed by atoms with Crippen LogP contribution in [0, 0.1) is 0 Å². The van der Waals surface area contributed by atoms with E-state index in [1.54, 1.807) is 21.3 Å². The number of anilines is 1. The molecule has 0 aliphatic rings. The number of hydrogen-bond donors (Lipinski definition) is 2. The van der Waals surface area contributed by atoms with Gasteiger partial charge in [-0.1, -0.05) is 12.1 Å². The van der Waals surface area contributed by atoms with Crippen LogP contribution in [0.1, 0.15) is 12.0 Å². The minimum Gasteiger partial charge on any atom is -0.496 e. The van der Waals surface area contributed by atoms with Gasteiger partial charge in [0.15, 0.2) is 5.96 Å². The molecule has 0 unspecified atom stereocenters. The van der Waals surface area contributed by atoms with Crippen molar-refractivity contribution in [3.63, 3.8) is 0 Å². The highest BCUT2D eigenvalue weighted by Crippen LogP contribution is 2.25. The van der Waals surface area contributed by atoms with Crippen LogP contribution < -0.4 is 20.1 Å². The zero-order chi connectivity index (χ0) is 19.5. The molecule has 7 heteroatoms. The molecule has 2 N–H and O–H groups in total. The molecule has 0 heterocycles. The molecular formula is C20H26BrN3O3. The lowest BCUT2D eigenvalue weighted by molar-refractivity contribution is 0.172. The number of guanidine groups is 1. The summed E-state index contributed by atoms with van der Waals surface area (Å²) in [7, 11) is 5.08. The van der Waals surface area contributed by atoms with Crippen molar-refractivity contribution in [3.05, 3.63) is 52.5 Å².